The van der Waals surface area contributed by atoms with E-state index < -0.39 is 0 Å². The molecule has 2 aromatic rings. The summed E-state index contributed by atoms with van der Waals surface area (Å²) < 4.78 is 0. The standard InChI is InChI=1S/C22H27N3S/c26-22(23-15-17-7-3-1-4-8-17)24-19-13-20-11-12-21(14-19)25(20)16-18-9-5-2-6-10-18/h1-10,19-21H,11-16H2,(H2,23,24,26)/t19?,20-,21+. The first-order valence-electron chi connectivity index (χ1n) is 9.66. The van der Waals surface area contributed by atoms with Gasteiger partial charge in [0.25, 0.3) is 0 Å². The zero-order chi connectivity index (χ0) is 17.8. The summed E-state index contributed by atoms with van der Waals surface area (Å²) >= 11 is 5.53. The minimum Gasteiger partial charge on any atom is -0.360 e. The van der Waals surface area contributed by atoms with Crippen molar-refractivity contribution in [3.8, 4) is 0 Å². The molecule has 0 aromatic heterocycles. The van der Waals surface area contributed by atoms with Gasteiger partial charge < -0.3 is 10.6 Å². The summed E-state index contributed by atoms with van der Waals surface area (Å²) in [5, 5.41) is 7.71. The number of nitrogens with zero attached hydrogens (tertiary/aromatic N) is 1. The molecule has 0 saturated carbocycles. The molecule has 0 spiro atoms. The monoisotopic (exact) mass is 365 g/mol. The average Bonchev–Trinajstić information content (AvgIpc) is 2.90. The molecule has 2 heterocycles. The van der Waals surface area contributed by atoms with Gasteiger partial charge in [0.05, 0.1) is 0 Å². The molecule has 0 aliphatic carbocycles. The normalized spacial score (nSPS) is 25.0. The molecule has 1 unspecified atom stereocenters. The number of rotatable bonds is 5. The van der Waals surface area contributed by atoms with Gasteiger partial charge in [-0.25, -0.2) is 0 Å². The van der Waals surface area contributed by atoms with E-state index >= 15 is 0 Å². The maximum absolute atomic E-state index is 5.53. The van der Waals surface area contributed by atoms with E-state index in [1.165, 1.54) is 36.8 Å². The Labute approximate surface area is 161 Å². The lowest BCUT2D eigenvalue weighted by molar-refractivity contribution is 0.115. The molecule has 2 aliphatic heterocycles. The zero-order valence-corrected chi connectivity index (χ0v) is 15.9. The topological polar surface area (TPSA) is 27.3 Å². The van der Waals surface area contributed by atoms with Crippen LogP contribution in [0.2, 0.25) is 0 Å². The highest BCUT2D eigenvalue weighted by molar-refractivity contribution is 7.80. The molecule has 2 N–H and O–H groups in total. The Morgan fingerprint density at radius 1 is 0.885 bits per heavy atom. The van der Waals surface area contributed by atoms with E-state index in [0.717, 1.165) is 18.2 Å². The van der Waals surface area contributed by atoms with E-state index in [1.54, 1.807) is 0 Å². The molecule has 2 aromatic carbocycles. The van der Waals surface area contributed by atoms with Gasteiger partial charge in [-0.2, -0.15) is 0 Å². The van der Waals surface area contributed by atoms with Gasteiger partial charge in [0.15, 0.2) is 5.11 Å². The van der Waals surface area contributed by atoms with Crippen LogP contribution in [0.25, 0.3) is 0 Å². The Morgan fingerprint density at radius 3 is 2.08 bits per heavy atom. The fraction of sp³-hybridized carbons (Fsp3) is 0.409. The number of thiocarbonyl (C=S) groups is 1. The van der Waals surface area contributed by atoms with E-state index in [0.29, 0.717) is 18.1 Å². The van der Waals surface area contributed by atoms with E-state index in [9.17, 15) is 0 Å². The quantitative estimate of drug-likeness (QED) is 0.787. The third kappa shape index (κ3) is 4.25. The van der Waals surface area contributed by atoms with E-state index in [4.69, 9.17) is 12.2 Å². The van der Waals surface area contributed by atoms with Crippen LogP contribution in [0.3, 0.4) is 0 Å². The fourth-order valence-electron chi connectivity index (χ4n) is 4.46. The predicted octanol–water partition coefficient (Wildman–Crippen LogP) is 3.85. The number of hydrogen-bond donors (Lipinski definition) is 2. The van der Waals surface area contributed by atoms with Gasteiger partial charge in [-0.1, -0.05) is 60.7 Å². The Kier molecular flexibility index (Phi) is 5.51. The summed E-state index contributed by atoms with van der Waals surface area (Å²) in [6, 6.07) is 23.1. The highest BCUT2D eigenvalue weighted by Crippen LogP contribution is 2.36. The fourth-order valence-corrected chi connectivity index (χ4v) is 4.70. The highest BCUT2D eigenvalue weighted by Gasteiger charge is 2.40. The van der Waals surface area contributed by atoms with Crippen LogP contribution in [0.1, 0.15) is 36.8 Å². The molecule has 136 valence electrons. The summed E-state index contributed by atoms with van der Waals surface area (Å²) in [6.07, 6.45) is 5.02. The van der Waals surface area contributed by atoms with Crippen LogP contribution in [-0.4, -0.2) is 28.1 Å². The van der Waals surface area contributed by atoms with Gasteiger partial charge in [0, 0.05) is 31.2 Å². The lowest BCUT2D eigenvalue weighted by Gasteiger charge is -2.39. The second kappa shape index (κ2) is 8.19. The number of piperidine rings is 1. The lowest BCUT2D eigenvalue weighted by Crippen LogP contribution is -2.51. The molecule has 2 saturated heterocycles. The number of nitrogens with one attached hydrogen (secondary N) is 2. The lowest BCUT2D eigenvalue weighted by atomic mass is 9.96. The predicted molar refractivity (Wildman–Crippen MR) is 111 cm³/mol. The summed E-state index contributed by atoms with van der Waals surface area (Å²) in [5.74, 6) is 0. The molecular weight excluding hydrogens is 338 g/mol. The largest absolute Gasteiger partial charge is 0.360 e. The second-order valence-electron chi connectivity index (χ2n) is 7.52. The van der Waals surface area contributed by atoms with Crippen LogP contribution in [0.5, 0.6) is 0 Å². The molecule has 0 radical (unpaired) electrons. The van der Waals surface area contributed by atoms with Crippen LogP contribution >= 0.6 is 12.2 Å². The van der Waals surface area contributed by atoms with E-state index in [-0.39, 0.29) is 0 Å². The van der Waals surface area contributed by atoms with Crippen molar-refractivity contribution in [2.75, 3.05) is 0 Å². The molecule has 26 heavy (non-hydrogen) atoms. The van der Waals surface area contributed by atoms with Crippen molar-refractivity contribution < 1.29 is 0 Å². The number of fused-ring (bicyclic) bond motifs is 2. The first-order chi connectivity index (χ1) is 12.8. The minimum atomic E-state index is 0.496. The first-order valence-corrected chi connectivity index (χ1v) is 10.1. The summed E-state index contributed by atoms with van der Waals surface area (Å²) in [6.45, 7) is 1.87. The van der Waals surface area contributed by atoms with Crippen molar-refractivity contribution in [2.45, 2.75) is 56.9 Å². The maximum Gasteiger partial charge on any atom is 0.166 e. The molecule has 3 nitrogen and oxygen atoms in total. The molecule has 0 amide bonds. The van der Waals surface area contributed by atoms with Crippen LogP contribution in [0, 0.1) is 0 Å². The average molecular weight is 366 g/mol. The summed E-state index contributed by atoms with van der Waals surface area (Å²) in [5.41, 5.74) is 2.69. The Balaban J connectivity index is 1.28. The minimum absolute atomic E-state index is 0.496. The van der Waals surface area contributed by atoms with Crippen molar-refractivity contribution in [3.05, 3.63) is 71.8 Å². The molecule has 4 heteroatoms. The summed E-state index contributed by atoms with van der Waals surface area (Å²) in [7, 11) is 0. The zero-order valence-electron chi connectivity index (χ0n) is 15.1. The van der Waals surface area contributed by atoms with Crippen molar-refractivity contribution in [3.63, 3.8) is 0 Å². The van der Waals surface area contributed by atoms with Gasteiger partial charge in [-0.15, -0.1) is 0 Å². The van der Waals surface area contributed by atoms with Gasteiger partial charge in [0.2, 0.25) is 0 Å². The van der Waals surface area contributed by atoms with Gasteiger partial charge >= 0.3 is 0 Å². The first kappa shape index (κ1) is 17.5. The van der Waals surface area contributed by atoms with E-state index in [1.807, 2.05) is 6.07 Å². The Bertz CT molecular complexity index is 705. The molecule has 4 rings (SSSR count). The molecule has 2 bridgehead atoms. The van der Waals surface area contributed by atoms with E-state index in [2.05, 4.69) is 70.1 Å². The smallest absolute Gasteiger partial charge is 0.166 e. The number of hydrogen-bond acceptors (Lipinski definition) is 2. The van der Waals surface area contributed by atoms with Crippen LogP contribution in [0.4, 0.5) is 0 Å². The maximum atomic E-state index is 5.53. The summed E-state index contributed by atoms with van der Waals surface area (Å²) in [4.78, 5) is 2.72. The SMILES string of the molecule is S=C(NCc1ccccc1)NC1C[C@H]2CC[C@@H](C1)N2Cc1ccccc1. The van der Waals surface area contributed by atoms with Crippen LogP contribution in [0.15, 0.2) is 60.7 Å². The molecule has 3 atom stereocenters. The van der Waals surface area contributed by atoms with Crippen molar-refractivity contribution in [2.24, 2.45) is 0 Å². The van der Waals surface area contributed by atoms with Crippen molar-refractivity contribution in [1.82, 2.24) is 15.5 Å². The van der Waals surface area contributed by atoms with Crippen molar-refractivity contribution in [1.29, 1.82) is 0 Å². The Hall–Kier alpha value is -1.91. The van der Waals surface area contributed by atoms with Gasteiger partial charge in [0.1, 0.15) is 0 Å². The van der Waals surface area contributed by atoms with Crippen LogP contribution in [-0.2, 0) is 13.1 Å². The van der Waals surface area contributed by atoms with Crippen LogP contribution < -0.4 is 10.6 Å². The van der Waals surface area contributed by atoms with Gasteiger partial charge in [-0.3, -0.25) is 4.90 Å². The molecule has 2 aliphatic rings. The van der Waals surface area contributed by atoms with Gasteiger partial charge in [-0.05, 0) is 49.0 Å². The molecular formula is C22H27N3S. The Morgan fingerprint density at radius 2 is 1.46 bits per heavy atom. The third-order valence-corrected chi connectivity index (χ3v) is 5.99. The van der Waals surface area contributed by atoms with Crippen molar-refractivity contribution >= 4 is 17.3 Å². The number of benzene rings is 2. The second-order valence-corrected chi connectivity index (χ2v) is 7.93. The molecule has 2 fully saturated rings. The third-order valence-electron chi connectivity index (χ3n) is 5.72. The highest BCUT2D eigenvalue weighted by atomic mass is 32.1.